The maximum atomic E-state index is 12.5. The monoisotopic (exact) mass is 359 g/mol. The van der Waals surface area contributed by atoms with Gasteiger partial charge >= 0.3 is 0 Å². The van der Waals surface area contributed by atoms with Gasteiger partial charge in [-0.25, -0.2) is 0 Å². The molecule has 1 saturated heterocycles. The van der Waals surface area contributed by atoms with E-state index in [0.29, 0.717) is 16.5 Å². The molecule has 0 saturated carbocycles. The third-order valence-electron chi connectivity index (χ3n) is 4.52. The van der Waals surface area contributed by atoms with Crippen LogP contribution in [0, 0.1) is 6.92 Å². The van der Waals surface area contributed by atoms with Crippen molar-refractivity contribution in [1.82, 2.24) is 20.0 Å². The van der Waals surface area contributed by atoms with Crippen LogP contribution in [0.5, 0.6) is 0 Å². The first-order chi connectivity index (χ1) is 12.1. The number of carbonyl (C=O) groups excluding carboxylic acids is 1. The van der Waals surface area contributed by atoms with E-state index in [1.807, 2.05) is 30.0 Å². The lowest BCUT2D eigenvalue weighted by Crippen LogP contribution is -2.48. The van der Waals surface area contributed by atoms with E-state index in [2.05, 4.69) is 27.3 Å². The molecule has 0 unspecified atom stereocenters. The van der Waals surface area contributed by atoms with Gasteiger partial charge in [-0.15, -0.1) is 10.2 Å². The zero-order chi connectivity index (χ0) is 17.8. The summed E-state index contributed by atoms with van der Waals surface area (Å²) in [6.07, 6.45) is 0. The van der Waals surface area contributed by atoms with Gasteiger partial charge in [0.1, 0.15) is 0 Å². The number of nitrogens with zero attached hydrogens (tertiary/aromatic N) is 4. The fourth-order valence-electron chi connectivity index (χ4n) is 2.82. The number of anilines is 2. The van der Waals surface area contributed by atoms with E-state index in [0.717, 1.165) is 44.0 Å². The van der Waals surface area contributed by atoms with Gasteiger partial charge in [0.25, 0.3) is 5.91 Å². The quantitative estimate of drug-likeness (QED) is 0.909. The Bertz CT molecular complexity index is 742. The maximum absolute atomic E-state index is 12.5. The number of amides is 1. The van der Waals surface area contributed by atoms with Gasteiger partial charge in [0, 0.05) is 36.9 Å². The Morgan fingerprint density at radius 2 is 1.92 bits per heavy atom. The molecule has 0 atom stereocenters. The second-order valence-corrected chi connectivity index (χ2v) is 6.47. The molecule has 6 nitrogen and oxygen atoms in total. The van der Waals surface area contributed by atoms with Crippen LogP contribution in [0.1, 0.15) is 23.0 Å². The number of piperazine rings is 1. The minimum absolute atomic E-state index is 0.0614. The van der Waals surface area contributed by atoms with Gasteiger partial charge < -0.3 is 15.1 Å². The highest BCUT2D eigenvalue weighted by atomic mass is 35.5. The summed E-state index contributed by atoms with van der Waals surface area (Å²) in [7, 11) is 0. The van der Waals surface area contributed by atoms with Crippen molar-refractivity contribution in [3.05, 3.63) is 46.6 Å². The standard InChI is InChI=1S/C18H22ClN5O/c1-3-23-9-11-24(12-10-23)18(25)16-7-8-17(22-21-16)20-15-6-4-5-14(19)13(15)2/h4-8H,3,9-12H2,1-2H3,(H,20,22). The molecule has 1 aromatic heterocycles. The van der Waals surface area contributed by atoms with Gasteiger partial charge in [-0.1, -0.05) is 24.6 Å². The summed E-state index contributed by atoms with van der Waals surface area (Å²) in [6, 6.07) is 9.12. The molecule has 132 valence electrons. The number of nitrogens with one attached hydrogen (secondary N) is 1. The zero-order valence-electron chi connectivity index (χ0n) is 14.5. The number of hydrogen-bond donors (Lipinski definition) is 1. The normalized spacial score (nSPS) is 15.2. The molecule has 0 aliphatic carbocycles. The number of carbonyl (C=O) groups is 1. The van der Waals surface area contributed by atoms with Gasteiger partial charge in [-0.05, 0) is 43.3 Å². The minimum atomic E-state index is -0.0614. The predicted octanol–water partition coefficient (Wildman–Crippen LogP) is 2.96. The second-order valence-electron chi connectivity index (χ2n) is 6.07. The molecule has 1 aromatic carbocycles. The summed E-state index contributed by atoms with van der Waals surface area (Å²) >= 11 is 6.12. The number of halogens is 1. The lowest BCUT2D eigenvalue weighted by molar-refractivity contribution is 0.0636. The Hall–Kier alpha value is -2.18. The number of likely N-dealkylation sites (N-methyl/N-ethyl adjacent to an activating group) is 1. The van der Waals surface area contributed by atoms with Crippen molar-refractivity contribution in [2.45, 2.75) is 13.8 Å². The average molecular weight is 360 g/mol. The Morgan fingerprint density at radius 3 is 2.56 bits per heavy atom. The molecule has 25 heavy (non-hydrogen) atoms. The molecule has 1 aliphatic rings. The Labute approximate surface area is 152 Å². The third-order valence-corrected chi connectivity index (χ3v) is 4.93. The number of aromatic nitrogens is 2. The van der Waals surface area contributed by atoms with Gasteiger partial charge in [0.2, 0.25) is 0 Å². The van der Waals surface area contributed by atoms with Crippen LogP contribution >= 0.6 is 11.6 Å². The average Bonchev–Trinajstić information content (AvgIpc) is 2.65. The fraction of sp³-hybridized carbons (Fsp3) is 0.389. The van der Waals surface area contributed by atoms with Crippen LogP contribution in [-0.4, -0.2) is 58.6 Å². The Balaban J connectivity index is 1.66. The van der Waals surface area contributed by atoms with Crippen LogP contribution in [0.2, 0.25) is 5.02 Å². The van der Waals surface area contributed by atoms with Crippen molar-refractivity contribution in [3.8, 4) is 0 Å². The zero-order valence-corrected chi connectivity index (χ0v) is 15.3. The Morgan fingerprint density at radius 1 is 1.16 bits per heavy atom. The molecule has 0 spiro atoms. The van der Waals surface area contributed by atoms with Crippen molar-refractivity contribution in [2.75, 3.05) is 38.0 Å². The van der Waals surface area contributed by atoms with E-state index in [9.17, 15) is 4.79 Å². The van der Waals surface area contributed by atoms with Gasteiger partial charge in [0.15, 0.2) is 11.5 Å². The lowest BCUT2D eigenvalue weighted by atomic mass is 10.2. The highest BCUT2D eigenvalue weighted by molar-refractivity contribution is 6.31. The van der Waals surface area contributed by atoms with Crippen LogP contribution in [0.15, 0.2) is 30.3 Å². The predicted molar refractivity (Wildman–Crippen MR) is 99.5 cm³/mol. The van der Waals surface area contributed by atoms with Crippen LogP contribution < -0.4 is 5.32 Å². The highest BCUT2D eigenvalue weighted by Crippen LogP contribution is 2.25. The topological polar surface area (TPSA) is 61.4 Å². The molecule has 1 fully saturated rings. The van der Waals surface area contributed by atoms with Gasteiger partial charge in [0.05, 0.1) is 0 Å². The summed E-state index contributed by atoms with van der Waals surface area (Å²) in [5.74, 6) is 0.520. The fourth-order valence-corrected chi connectivity index (χ4v) is 3.00. The summed E-state index contributed by atoms with van der Waals surface area (Å²) in [4.78, 5) is 16.7. The molecule has 3 rings (SSSR count). The maximum Gasteiger partial charge on any atom is 0.274 e. The van der Waals surface area contributed by atoms with E-state index in [-0.39, 0.29) is 5.91 Å². The minimum Gasteiger partial charge on any atom is -0.338 e. The second kappa shape index (κ2) is 7.80. The van der Waals surface area contributed by atoms with Gasteiger partial charge in [-0.3, -0.25) is 4.79 Å². The summed E-state index contributed by atoms with van der Waals surface area (Å²) < 4.78 is 0. The molecule has 1 amide bonds. The van der Waals surface area contributed by atoms with E-state index >= 15 is 0 Å². The first-order valence-electron chi connectivity index (χ1n) is 8.46. The molecule has 0 bridgehead atoms. The van der Waals surface area contributed by atoms with E-state index in [1.54, 1.807) is 12.1 Å². The van der Waals surface area contributed by atoms with Crippen molar-refractivity contribution in [2.24, 2.45) is 0 Å². The summed E-state index contributed by atoms with van der Waals surface area (Å²) in [5, 5.41) is 12.1. The van der Waals surface area contributed by atoms with Crippen molar-refractivity contribution < 1.29 is 4.79 Å². The molecular weight excluding hydrogens is 338 g/mol. The molecule has 1 aliphatic heterocycles. The van der Waals surface area contributed by atoms with Crippen molar-refractivity contribution >= 4 is 29.0 Å². The lowest BCUT2D eigenvalue weighted by Gasteiger charge is -2.33. The highest BCUT2D eigenvalue weighted by Gasteiger charge is 2.22. The first kappa shape index (κ1) is 17.6. The van der Waals surface area contributed by atoms with Crippen molar-refractivity contribution in [3.63, 3.8) is 0 Å². The molecule has 0 radical (unpaired) electrons. The van der Waals surface area contributed by atoms with Crippen LogP contribution in [0.4, 0.5) is 11.5 Å². The molecular formula is C18H22ClN5O. The molecule has 7 heteroatoms. The number of hydrogen-bond acceptors (Lipinski definition) is 5. The van der Waals surface area contributed by atoms with E-state index in [4.69, 9.17) is 11.6 Å². The number of benzene rings is 1. The SMILES string of the molecule is CCN1CCN(C(=O)c2ccc(Nc3cccc(Cl)c3C)nn2)CC1. The smallest absolute Gasteiger partial charge is 0.274 e. The first-order valence-corrected chi connectivity index (χ1v) is 8.83. The summed E-state index contributed by atoms with van der Waals surface area (Å²) in [6.45, 7) is 8.37. The van der Waals surface area contributed by atoms with Crippen LogP contribution in [-0.2, 0) is 0 Å². The van der Waals surface area contributed by atoms with E-state index < -0.39 is 0 Å². The van der Waals surface area contributed by atoms with Crippen LogP contribution in [0.3, 0.4) is 0 Å². The Kier molecular flexibility index (Phi) is 5.50. The van der Waals surface area contributed by atoms with Crippen molar-refractivity contribution in [1.29, 1.82) is 0 Å². The molecule has 2 heterocycles. The largest absolute Gasteiger partial charge is 0.338 e. The van der Waals surface area contributed by atoms with Crippen LogP contribution in [0.25, 0.3) is 0 Å². The molecule has 1 N–H and O–H groups in total. The van der Waals surface area contributed by atoms with E-state index in [1.165, 1.54) is 0 Å². The van der Waals surface area contributed by atoms with Gasteiger partial charge in [-0.2, -0.15) is 0 Å². The molecule has 2 aromatic rings. The number of rotatable bonds is 4. The summed E-state index contributed by atoms with van der Waals surface area (Å²) in [5.41, 5.74) is 2.19. The third kappa shape index (κ3) is 4.08.